The molecule has 63 heavy (non-hydrogen) atoms. The van der Waals surface area contributed by atoms with Crippen molar-refractivity contribution in [1.29, 1.82) is 0 Å². The lowest BCUT2D eigenvalue weighted by molar-refractivity contribution is -0.474. The number of carbonyl (C=O) groups is 1. The Hall–Kier alpha value is -2.15. The van der Waals surface area contributed by atoms with Crippen molar-refractivity contribution >= 4 is 16.9 Å². The molecule has 0 unspecified atom stereocenters. The Kier molecular flexibility index (Phi) is 20.5. The van der Waals surface area contributed by atoms with E-state index in [1.54, 1.807) is 0 Å². The van der Waals surface area contributed by atoms with Gasteiger partial charge in [-0.2, -0.15) is 119 Å². The summed E-state index contributed by atoms with van der Waals surface area (Å²) in [6.07, 6.45) is -72.5. The maximum atomic E-state index is 13.6. The zero-order valence-electron chi connectivity index (χ0n) is 30.4. The number of alkyl halides is 27. The van der Waals surface area contributed by atoms with Gasteiger partial charge in [0.15, 0.2) is 5.12 Å². The highest BCUT2D eigenvalue weighted by Crippen LogP contribution is 2.59. The SMILES string of the molecule is CC(=O)SCCOCCOCCOCCOCC(COC(C(F)(F)F)(C(F)(F)F)C(F)(F)F)(COC(C(F)(F)F)(C(F)(F)F)C(F)(F)F)COC(C(F)(F)F)(C(F)(F)F)C(F)(F)F. The van der Waals surface area contributed by atoms with Crippen molar-refractivity contribution in [2.45, 2.75) is 79.3 Å². The summed E-state index contributed by atoms with van der Waals surface area (Å²) in [5, 5.41) is -0.263. The normalized spacial score (nSPS) is 15.4. The second-order valence-electron chi connectivity index (χ2n) is 12.1. The molecule has 0 rings (SSSR count). The van der Waals surface area contributed by atoms with Crippen LogP contribution in [-0.4, -0.2) is 156 Å². The predicted octanol–water partition coefficient (Wildman–Crippen LogP) is 9.65. The maximum Gasteiger partial charge on any atom is 0.435 e. The Bertz CT molecular complexity index is 1150. The van der Waals surface area contributed by atoms with Gasteiger partial charge >= 0.3 is 72.4 Å². The third-order valence-electron chi connectivity index (χ3n) is 7.43. The first-order valence-corrected chi connectivity index (χ1v) is 16.7. The Morgan fingerprint density at radius 2 is 0.540 bits per heavy atom. The van der Waals surface area contributed by atoms with Gasteiger partial charge < -0.3 is 33.2 Å². The van der Waals surface area contributed by atoms with Gasteiger partial charge in [-0.15, -0.1) is 0 Å². The van der Waals surface area contributed by atoms with Crippen LogP contribution in [0.1, 0.15) is 6.92 Å². The van der Waals surface area contributed by atoms with Gasteiger partial charge in [-0.25, -0.2) is 0 Å². The summed E-state index contributed by atoms with van der Waals surface area (Å²) in [7, 11) is 0. The maximum absolute atomic E-state index is 13.6. The third-order valence-corrected chi connectivity index (χ3v) is 8.21. The predicted molar refractivity (Wildman–Crippen MR) is 149 cm³/mol. The van der Waals surface area contributed by atoms with Crippen LogP contribution in [0.4, 0.5) is 119 Å². The summed E-state index contributed by atoms with van der Waals surface area (Å²) in [4.78, 5) is 10.8. The van der Waals surface area contributed by atoms with E-state index in [0.29, 0.717) is 0 Å². The van der Waals surface area contributed by atoms with Gasteiger partial charge in [0, 0.05) is 12.7 Å². The molecule has 378 valence electrons. The lowest BCUT2D eigenvalue weighted by atomic mass is 9.89. The molecule has 0 spiro atoms. The number of thioether (sulfide) groups is 1. The van der Waals surface area contributed by atoms with Crippen LogP contribution in [0.3, 0.4) is 0 Å². The molecule has 0 aromatic rings. The van der Waals surface area contributed by atoms with Crippen LogP contribution in [0.25, 0.3) is 0 Å². The fraction of sp³-hybridized carbons (Fsp3) is 0.963. The van der Waals surface area contributed by atoms with E-state index in [-0.39, 0.29) is 30.7 Å². The van der Waals surface area contributed by atoms with Crippen LogP contribution < -0.4 is 0 Å². The molecule has 0 aromatic heterocycles. The number of halogens is 27. The zero-order chi connectivity index (χ0) is 50.2. The molecular weight excluding hydrogens is 997 g/mol. The average molecular weight is 1020 g/mol. The molecule has 0 radical (unpaired) electrons. The molecule has 0 heterocycles. The first-order chi connectivity index (χ1) is 27.8. The number of hydrogen-bond acceptors (Lipinski definition) is 9. The minimum atomic E-state index is -8.06. The van der Waals surface area contributed by atoms with Gasteiger partial charge in [0.1, 0.15) is 0 Å². The second kappa shape index (κ2) is 21.2. The summed E-state index contributed by atoms with van der Waals surface area (Å²) in [6.45, 7) is -18.0. The molecule has 0 saturated heterocycles. The van der Waals surface area contributed by atoms with E-state index in [4.69, 9.17) is 14.2 Å². The molecule has 0 fully saturated rings. The van der Waals surface area contributed by atoms with Crippen LogP contribution in [0.2, 0.25) is 0 Å². The van der Waals surface area contributed by atoms with E-state index in [9.17, 15) is 123 Å². The van der Waals surface area contributed by atoms with E-state index in [1.165, 1.54) is 6.92 Å². The number of hydrogen-bond donors (Lipinski definition) is 0. The smallest absolute Gasteiger partial charge is 0.378 e. The fourth-order valence-corrected chi connectivity index (χ4v) is 4.90. The van der Waals surface area contributed by atoms with Gasteiger partial charge in [0.05, 0.1) is 78.1 Å². The van der Waals surface area contributed by atoms with E-state index >= 15 is 0 Å². The molecular formula is C27H27F27O8S. The summed E-state index contributed by atoms with van der Waals surface area (Å²) in [5.41, 5.74) is -28.9. The number of rotatable bonds is 23. The van der Waals surface area contributed by atoms with Crippen LogP contribution in [0.5, 0.6) is 0 Å². The lowest BCUT2D eigenvalue weighted by Crippen LogP contribution is -2.71. The molecule has 36 heteroatoms. The van der Waals surface area contributed by atoms with Gasteiger partial charge in [0.25, 0.3) is 0 Å². The third kappa shape index (κ3) is 14.4. The van der Waals surface area contributed by atoms with Crippen LogP contribution in [-0.2, 0) is 38.0 Å². The summed E-state index contributed by atoms with van der Waals surface area (Å²) in [5.74, 6) is 0.208. The first kappa shape index (κ1) is 60.9. The van der Waals surface area contributed by atoms with Gasteiger partial charge in [-0.3, -0.25) is 4.79 Å². The van der Waals surface area contributed by atoms with Crippen LogP contribution in [0, 0.1) is 5.41 Å². The van der Waals surface area contributed by atoms with E-state index in [0.717, 1.165) is 11.8 Å². The number of ether oxygens (including phenoxy) is 7. The second-order valence-corrected chi connectivity index (χ2v) is 13.4. The fourth-order valence-electron chi connectivity index (χ4n) is 4.41. The molecule has 0 aliphatic rings. The summed E-state index contributed by atoms with van der Waals surface area (Å²) >= 11 is 0.870. The Labute approximate surface area is 337 Å². The molecule has 0 saturated carbocycles. The van der Waals surface area contributed by atoms with Gasteiger partial charge in [0.2, 0.25) is 0 Å². The molecule has 0 aromatic carbocycles. The minimum Gasteiger partial charge on any atom is -0.378 e. The molecule has 0 atom stereocenters. The summed E-state index contributed by atoms with van der Waals surface area (Å²) < 4.78 is 395. The lowest BCUT2D eigenvalue weighted by Gasteiger charge is -2.45. The minimum absolute atomic E-state index is 0.0286. The zero-order valence-corrected chi connectivity index (χ0v) is 31.2. The molecule has 8 nitrogen and oxygen atoms in total. The first-order valence-electron chi connectivity index (χ1n) is 15.8. The van der Waals surface area contributed by atoms with Crippen molar-refractivity contribution in [3.63, 3.8) is 0 Å². The highest BCUT2D eigenvalue weighted by atomic mass is 32.2. The summed E-state index contributed by atoms with van der Waals surface area (Å²) in [6, 6.07) is 0. The largest absolute Gasteiger partial charge is 0.435 e. The standard InChI is InChI=1S/C27H27F27O8S/c1-14(55)63-9-8-58-5-4-56-2-3-57-6-7-59-10-15(11-60-16(19(28,29)30,20(31,32)33)21(34,35)36,12-61-17(22(37,38)39,23(40,41)42)24(43,44)45)13-62-18(25(46,47)48,26(49,50)51)27(52,53)54/h2-13H2,1H3. The van der Waals surface area contributed by atoms with Crippen molar-refractivity contribution in [2.75, 3.05) is 78.4 Å². The average Bonchev–Trinajstić information content (AvgIpc) is 2.99. The Morgan fingerprint density at radius 1 is 0.333 bits per heavy atom. The van der Waals surface area contributed by atoms with Crippen molar-refractivity contribution in [2.24, 2.45) is 5.41 Å². The van der Waals surface area contributed by atoms with Gasteiger partial charge in [-0.1, -0.05) is 11.8 Å². The molecule has 0 amide bonds. The highest BCUT2D eigenvalue weighted by Gasteiger charge is 2.88. The van der Waals surface area contributed by atoms with E-state index in [1.807, 2.05) is 0 Å². The Balaban J connectivity index is 7.53. The molecule has 0 N–H and O–H groups in total. The quantitative estimate of drug-likeness (QED) is 0.0735. The topological polar surface area (TPSA) is 81.7 Å². The van der Waals surface area contributed by atoms with Crippen LogP contribution >= 0.6 is 11.8 Å². The monoisotopic (exact) mass is 1020 g/mol. The van der Waals surface area contributed by atoms with Crippen LogP contribution in [0.15, 0.2) is 0 Å². The van der Waals surface area contributed by atoms with Crippen molar-refractivity contribution in [3.05, 3.63) is 0 Å². The van der Waals surface area contributed by atoms with E-state index < -0.39 is 131 Å². The molecule has 0 bridgehead atoms. The molecule has 0 aliphatic carbocycles. The van der Waals surface area contributed by atoms with E-state index in [2.05, 4.69) is 18.9 Å². The Morgan fingerprint density at radius 3 is 0.746 bits per heavy atom. The highest BCUT2D eigenvalue weighted by molar-refractivity contribution is 8.13. The molecule has 0 aliphatic heterocycles. The number of carbonyl (C=O) groups excluding carboxylic acids is 1. The van der Waals surface area contributed by atoms with Crippen molar-refractivity contribution in [1.82, 2.24) is 0 Å². The van der Waals surface area contributed by atoms with Crippen molar-refractivity contribution in [3.8, 4) is 0 Å². The van der Waals surface area contributed by atoms with Gasteiger partial charge in [-0.05, 0) is 0 Å². The van der Waals surface area contributed by atoms with Crippen molar-refractivity contribution < 1.29 is 156 Å².